The molecule has 2 aromatic carbocycles. The maximum Gasteiger partial charge on any atom is 0.306 e. The molecule has 0 amide bonds. The van der Waals surface area contributed by atoms with Gasteiger partial charge in [0.25, 0.3) is 0 Å². The Kier molecular flexibility index (Phi) is 9.58. The lowest BCUT2D eigenvalue weighted by molar-refractivity contribution is -0.153. The molecule has 40 heavy (non-hydrogen) atoms. The van der Waals surface area contributed by atoms with Gasteiger partial charge in [-0.1, -0.05) is 60.9 Å². The Morgan fingerprint density at radius 1 is 1.10 bits per heavy atom. The number of carbonyl (C=O) groups is 1. The van der Waals surface area contributed by atoms with Crippen molar-refractivity contribution in [2.75, 3.05) is 26.3 Å². The monoisotopic (exact) mass is 571 g/mol. The number of hydrogen-bond donors (Lipinski definition) is 1. The quantitative estimate of drug-likeness (QED) is 0.478. The van der Waals surface area contributed by atoms with Gasteiger partial charge < -0.3 is 19.3 Å². The number of β-amino-alcohol motifs (C(OH)–C–C–N with tert-alkyl or cyclic N) is 1. The van der Waals surface area contributed by atoms with Gasteiger partial charge in [-0.05, 0) is 56.2 Å². The van der Waals surface area contributed by atoms with Gasteiger partial charge in [0.2, 0.25) is 10.0 Å². The highest BCUT2D eigenvalue weighted by molar-refractivity contribution is 7.89. The number of aryl methyl sites for hydroxylation is 2. The van der Waals surface area contributed by atoms with Crippen LogP contribution < -0.4 is 0 Å². The van der Waals surface area contributed by atoms with Crippen molar-refractivity contribution in [1.82, 2.24) is 4.31 Å². The Hall–Kier alpha value is -2.30. The first kappa shape index (κ1) is 29.2. The van der Waals surface area contributed by atoms with Gasteiger partial charge in [-0.2, -0.15) is 4.31 Å². The summed E-state index contributed by atoms with van der Waals surface area (Å²) in [4.78, 5) is 13.5. The number of sulfonamides is 1. The number of nitrogens with zero attached hydrogens (tertiary/aromatic N) is 1. The van der Waals surface area contributed by atoms with E-state index in [0.29, 0.717) is 37.5 Å². The summed E-state index contributed by atoms with van der Waals surface area (Å²) in [5.74, 6) is -0.897. The molecule has 0 radical (unpaired) electrons. The van der Waals surface area contributed by atoms with E-state index in [9.17, 15) is 18.3 Å². The number of ether oxygens (including phenoxy) is 3. The van der Waals surface area contributed by atoms with Gasteiger partial charge in [0.1, 0.15) is 6.10 Å². The zero-order valence-electron chi connectivity index (χ0n) is 23.2. The average Bonchev–Trinajstić information content (AvgIpc) is 3.55. The van der Waals surface area contributed by atoms with Crippen LogP contribution in [0.4, 0.5) is 0 Å². The normalized spacial score (nSPS) is 26.4. The molecule has 3 unspecified atom stereocenters. The van der Waals surface area contributed by atoms with E-state index in [0.717, 1.165) is 48.8 Å². The van der Waals surface area contributed by atoms with E-state index < -0.39 is 28.0 Å². The Balaban J connectivity index is 1.34. The average molecular weight is 572 g/mol. The fourth-order valence-electron chi connectivity index (χ4n) is 6.16. The molecule has 9 heteroatoms. The van der Waals surface area contributed by atoms with Crippen molar-refractivity contribution in [3.63, 3.8) is 0 Å². The number of carbonyl (C=O) groups excluding carboxylic acids is 1. The predicted molar refractivity (Wildman–Crippen MR) is 150 cm³/mol. The summed E-state index contributed by atoms with van der Waals surface area (Å²) < 4.78 is 46.2. The molecule has 0 aromatic heterocycles. The van der Waals surface area contributed by atoms with Crippen molar-refractivity contribution < 1.29 is 32.5 Å². The number of aliphatic hydroxyl groups is 1. The zero-order valence-corrected chi connectivity index (χ0v) is 24.1. The molecule has 3 heterocycles. The van der Waals surface area contributed by atoms with Crippen LogP contribution in [0.25, 0.3) is 0 Å². The van der Waals surface area contributed by atoms with E-state index in [1.807, 2.05) is 49.4 Å². The number of aliphatic hydroxyl groups excluding tert-OH is 1. The molecule has 8 nitrogen and oxygen atoms in total. The van der Waals surface area contributed by atoms with Crippen LogP contribution in [0.5, 0.6) is 0 Å². The summed E-state index contributed by atoms with van der Waals surface area (Å²) in [5.41, 5.74) is 2.83. The van der Waals surface area contributed by atoms with Gasteiger partial charge in [-0.15, -0.1) is 0 Å². The molecule has 3 aliphatic heterocycles. The van der Waals surface area contributed by atoms with Crippen LogP contribution in [0.15, 0.2) is 53.4 Å². The van der Waals surface area contributed by atoms with Gasteiger partial charge in [-0.25, -0.2) is 8.42 Å². The first-order chi connectivity index (χ1) is 19.3. The van der Waals surface area contributed by atoms with Crippen molar-refractivity contribution in [2.24, 2.45) is 11.8 Å². The third-order valence-corrected chi connectivity index (χ3v) is 10.4. The second-order valence-corrected chi connectivity index (χ2v) is 13.3. The van der Waals surface area contributed by atoms with E-state index in [4.69, 9.17) is 14.2 Å². The Bertz CT molecular complexity index is 1250. The Morgan fingerprint density at radius 3 is 2.73 bits per heavy atom. The molecule has 1 N–H and O–H groups in total. The van der Waals surface area contributed by atoms with Crippen LogP contribution in [0.2, 0.25) is 0 Å². The summed E-state index contributed by atoms with van der Waals surface area (Å²) in [7, 11) is -3.83. The number of rotatable bonds is 8. The standard InChI is InChI=1S/C31H41NO7S/c1-22-12-13-29-24(17-22)11-7-2-3-8-15-32(40(29,35)36)20-27(33)25(18-23-9-5-4-6-10-23)19-30(34)39-28-21-38-31-26(28)14-16-37-31/h4-6,9-10,12-13,17,25-28,31,33H,2-3,7-8,11,14-16,18-21H2,1H3/t25-,26?,27?,28?,31-/m1/s1. The van der Waals surface area contributed by atoms with Crippen LogP contribution >= 0.6 is 0 Å². The third-order valence-electron chi connectivity index (χ3n) is 8.41. The fraction of sp³-hybridized carbons (Fsp3) is 0.581. The molecule has 0 aliphatic carbocycles. The molecule has 2 saturated heterocycles. The van der Waals surface area contributed by atoms with Crippen molar-refractivity contribution in [3.05, 3.63) is 65.2 Å². The smallest absolute Gasteiger partial charge is 0.306 e. The molecule has 5 rings (SSSR count). The number of benzene rings is 2. The SMILES string of the molecule is Cc1ccc2c(c1)CCCCCCN(CC(O)[C@@H](CC(=O)OC1CO[C@H]3OCCC13)Cc1ccccc1)S2(=O)=O. The van der Waals surface area contributed by atoms with Gasteiger partial charge in [0.05, 0.1) is 36.6 Å². The highest BCUT2D eigenvalue weighted by Gasteiger charge is 2.44. The van der Waals surface area contributed by atoms with Gasteiger partial charge in [0.15, 0.2) is 6.29 Å². The lowest BCUT2D eigenvalue weighted by atomic mass is 9.90. The van der Waals surface area contributed by atoms with Crippen molar-refractivity contribution in [2.45, 2.75) is 81.7 Å². The Labute approximate surface area is 237 Å². The van der Waals surface area contributed by atoms with E-state index in [2.05, 4.69) is 0 Å². The van der Waals surface area contributed by atoms with E-state index >= 15 is 0 Å². The summed E-state index contributed by atoms with van der Waals surface area (Å²) in [6.45, 7) is 3.12. The predicted octanol–water partition coefficient (Wildman–Crippen LogP) is 4.02. The lowest BCUT2D eigenvalue weighted by Crippen LogP contribution is -2.42. The van der Waals surface area contributed by atoms with Crippen molar-refractivity contribution in [3.8, 4) is 0 Å². The molecule has 2 aromatic rings. The molecular weight excluding hydrogens is 530 g/mol. The summed E-state index contributed by atoms with van der Waals surface area (Å²) in [5, 5.41) is 11.5. The van der Waals surface area contributed by atoms with Gasteiger partial charge in [0, 0.05) is 19.0 Å². The summed E-state index contributed by atoms with van der Waals surface area (Å²) in [6.07, 6.45) is 3.81. The molecular formula is C31H41NO7S. The van der Waals surface area contributed by atoms with Gasteiger partial charge in [-0.3, -0.25) is 4.79 Å². The highest BCUT2D eigenvalue weighted by Crippen LogP contribution is 2.34. The summed E-state index contributed by atoms with van der Waals surface area (Å²) >= 11 is 0. The van der Waals surface area contributed by atoms with E-state index in [-0.39, 0.29) is 31.3 Å². The second kappa shape index (κ2) is 13.1. The number of esters is 1. The van der Waals surface area contributed by atoms with Crippen LogP contribution in [-0.2, 0) is 41.9 Å². The minimum Gasteiger partial charge on any atom is -0.459 e. The first-order valence-electron chi connectivity index (χ1n) is 14.6. The van der Waals surface area contributed by atoms with Crippen LogP contribution in [0, 0.1) is 18.8 Å². The third kappa shape index (κ3) is 6.94. The minimum absolute atomic E-state index is 0.0194. The molecule has 3 aliphatic rings. The Morgan fingerprint density at radius 2 is 1.90 bits per heavy atom. The topological polar surface area (TPSA) is 102 Å². The fourth-order valence-corrected chi connectivity index (χ4v) is 7.89. The molecule has 2 fully saturated rings. The molecule has 0 bridgehead atoms. The van der Waals surface area contributed by atoms with Crippen LogP contribution in [0.3, 0.4) is 0 Å². The zero-order chi connectivity index (χ0) is 28.1. The first-order valence-corrected chi connectivity index (χ1v) is 16.0. The van der Waals surface area contributed by atoms with Crippen molar-refractivity contribution in [1.29, 1.82) is 0 Å². The maximum atomic E-state index is 13.9. The molecule has 5 atom stereocenters. The second-order valence-electron chi connectivity index (χ2n) is 11.4. The number of hydrogen-bond acceptors (Lipinski definition) is 7. The summed E-state index contributed by atoms with van der Waals surface area (Å²) in [6, 6.07) is 15.2. The number of fused-ring (bicyclic) bond motifs is 2. The maximum absolute atomic E-state index is 13.9. The lowest BCUT2D eigenvalue weighted by Gasteiger charge is -2.30. The van der Waals surface area contributed by atoms with Crippen LogP contribution in [0.1, 0.15) is 55.2 Å². The van der Waals surface area contributed by atoms with E-state index in [1.165, 1.54) is 4.31 Å². The van der Waals surface area contributed by atoms with Gasteiger partial charge >= 0.3 is 5.97 Å². The largest absolute Gasteiger partial charge is 0.459 e. The molecule has 218 valence electrons. The van der Waals surface area contributed by atoms with Crippen molar-refractivity contribution >= 4 is 16.0 Å². The van der Waals surface area contributed by atoms with Crippen LogP contribution in [-0.4, -0.2) is 68.6 Å². The molecule has 0 spiro atoms. The minimum atomic E-state index is -3.83. The molecule has 0 saturated carbocycles. The van der Waals surface area contributed by atoms with E-state index in [1.54, 1.807) is 6.07 Å². The highest BCUT2D eigenvalue weighted by atomic mass is 32.2.